The van der Waals surface area contributed by atoms with E-state index in [2.05, 4.69) is 9.88 Å². The topological polar surface area (TPSA) is 74.3 Å². The lowest BCUT2D eigenvalue weighted by atomic mass is 10.2. The molecule has 10 heteroatoms. The van der Waals surface area contributed by atoms with Crippen molar-refractivity contribution >= 4 is 22.8 Å². The van der Waals surface area contributed by atoms with Gasteiger partial charge in [-0.2, -0.15) is 0 Å². The maximum Gasteiger partial charge on any atom is 0.332 e. The van der Waals surface area contributed by atoms with E-state index in [0.717, 1.165) is 4.57 Å². The van der Waals surface area contributed by atoms with Gasteiger partial charge < -0.3 is 9.30 Å². The van der Waals surface area contributed by atoms with E-state index in [1.54, 1.807) is 17.7 Å². The maximum atomic E-state index is 14.6. The minimum atomic E-state index is -0.479. The highest BCUT2D eigenvalue weighted by Gasteiger charge is 2.26. The second-order valence-corrected chi connectivity index (χ2v) is 8.55. The first-order valence-corrected chi connectivity index (χ1v) is 10.5. The van der Waals surface area contributed by atoms with Crippen molar-refractivity contribution in [2.75, 3.05) is 13.1 Å². The third-order valence-electron chi connectivity index (χ3n) is 5.67. The Morgan fingerprint density at radius 2 is 1.81 bits per heavy atom. The maximum absolute atomic E-state index is 14.6. The molecule has 1 fully saturated rings. The van der Waals surface area contributed by atoms with Crippen LogP contribution in [0, 0.1) is 5.82 Å². The summed E-state index contributed by atoms with van der Waals surface area (Å²) in [6, 6.07) is 4.48. The molecular formula is C21H25ClFN5O3. The summed E-state index contributed by atoms with van der Waals surface area (Å²) in [6.07, 6.45) is 0.111. The Labute approximate surface area is 183 Å². The molecule has 0 amide bonds. The van der Waals surface area contributed by atoms with E-state index in [4.69, 9.17) is 16.3 Å². The Morgan fingerprint density at radius 3 is 2.45 bits per heavy atom. The molecule has 0 unspecified atom stereocenters. The van der Waals surface area contributed by atoms with E-state index in [1.807, 2.05) is 13.8 Å². The zero-order valence-corrected chi connectivity index (χ0v) is 18.7. The summed E-state index contributed by atoms with van der Waals surface area (Å²) >= 11 is 6.27. The molecule has 1 saturated heterocycles. The number of hydrogen-bond donors (Lipinski definition) is 0. The Bertz CT molecular complexity index is 1230. The van der Waals surface area contributed by atoms with Crippen LogP contribution in [0.4, 0.5) is 4.39 Å². The molecule has 0 radical (unpaired) electrons. The summed E-state index contributed by atoms with van der Waals surface area (Å²) in [6.45, 7) is 5.86. The molecule has 166 valence electrons. The molecule has 0 spiro atoms. The van der Waals surface area contributed by atoms with Crippen LogP contribution >= 0.6 is 11.6 Å². The Hall–Kier alpha value is -2.49. The van der Waals surface area contributed by atoms with Gasteiger partial charge in [0.2, 0.25) is 0 Å². The average Bonchev–Trinajstić information content (AvgIpc) is 3.05. The number of imidazole rings is 1. The standard InChI is InChI=1S/C21H25ClFN5O3/c1-12-8-27(9-13(2)31-12)11-17-24-19-18(20(29)26(4)21(30)25(19)3)28(17)10-14-15(22)6-5-7-16(14)23/h5-7,12-13H,8-11H2,1-4H3/t12-,13+. The number of morpholine rings is 1. The van der Waals surface area contributed by atoms with Crippen LogP contribution in [0.2, 0.25) is 5.02 Å². The number of nitrogens with zero attached hydrogens (tertiary/aromatic N) is 5. The van der Waals surface area contributed by atoms with Gasteiger partial charge in [0, 0.05) is 37.8 Å². The fraction of sp³-hybridized carbons (Fsp3) is 0.476. The predicted octanol–water partition coefficient (Wildman–Crippen LogP) is 1.88. The lowest BCUT2D eigenvalue weighted by Gasteiger charge is -2.35. The molecule has 4 rings (SSSR count). The smallest absolute Gasteiger partial charge is 0.332 e. The molecule has 1 aliphatic rings. The first-order chi connectivity index (χ1) is 14.7. The van der Waals surface area contributed by atoms with Gasteiger partial charge in [0.15, 0.2) is 11.2 Å². The van der Waals surface area contributed by atoms with Crippen molar-refractivity contribution in [2.45, 2.75) is 39.1 Å². The normalized spacial score (nSPS) is 19.9. The lowest BCUT2D eigenvalue weighted by molar-refractivity contribution is -0.0712. The number of aromatic nitrogens is 4. The van der Waals surface area contributed by atoms with Crippen molar-refractivity contribution in [3.8, 4) is 0 Å². The van der Waals surface area contributed by atoms with Gasteiger partial charge in [0.1, 0.15) is 11.6 Å². The van der Waals surface area contributed by atoms with Gasteiger partial charge in [-0.05, 0) is 26.0 Å². The number of halogens is 2. The average molecular weight is 450 g/mol. The first kappa shape index (κ1) is 21.7. The second kappa shape index (κ2) is 8.22. The number of rotatable bonds is 4. The van der Waals surface area contributed by atoms with Crippen LogP contribution in [0.15, 0.2) is 27.8 Å². The van der Waals surface area contributed by atoms with Crippen molar-refractivity contribution < 1.29 is 9.13 Å². The lowest BCUT2D eigenvalue weighted by Crippen LogP contribution is -2.45. The molecule has 3 aromatic rings. The molecule has 0 N–H and O–H groups in total. The highest BCUT2D eigenvalue weighted by atomic mass is 35.5. The molecule has 2 aromatic heterocycles. The zero-order valence-electron chi connectivity index (χ0n) is 17.9. The zero-order chi connectivity index (χ0) is 22.4. The summed E-state index contributed by atoms with van der Waals surface area (Å²) in [7, 11) is 2.99. The largest absolute Gasteiger partial charge is 0.373 e. The molecule has 8 nitrogen and oxygen atoms in total. The quantitative estimate of drug-likeness (QED) is 0.608. The molecular weight excluding hydrogens is 425 g/mol. The Kier molecular flexibility index (Phi) is 5.76. The molecule has 0 aliphatic carbocycles. The van der Waals surface area contributed by atoms with Gasteiger partial charge in [-0.1, -0.05) is 17.7 Å². The Morgan fingerprint density at radius 1 is 1.13 bits per heavy atom. The third kappa shape index (κ3) is 3.93. The van der Waals surface area contributed by atoms with E-state index in [9.17, 15) is 14.0 Å². The highest BCUT2D eigenvalue weighted by Crippen LogP contribution is 2.24. The van der Waals surface area contributed by atoms with Gasteiger partial charge in [-0.3, -0.25) is 18.8 Å². The van der Waals surface area contributed by atoms with Crippen LogP contribution in [-0.2, 0) is 31.9 Å². The Balaban J connectivity index is 1.89. The molecule has 31 heavy (non-hydrogen) atoms. The van der Waals surface area contributed by atoms with Gasteiger partial charge in [0.25, 0.3) is 5.56 Å². The first-order valence-electron chi connectivity index (χ1n) is 10.1. The van der Waals surface area contributed by atoms with Crippen molar-refractivity contribution in [1.82, 2.24) is 23.6 Å². The fourth-order valence-corrected chi connectivity index (χ4v) is 4.46. The molecule has 1 aliphatic heterocycles. The summed E-state index contributed by atoms with van der Waals surface area (Å²) in [5, 5.41) is 0.267. The van der Waals surface area contributed by atoms with E-state index >= 15 is 0 Å². The highest BCUT2D eigenvalue weighted by molar-refractivity contribution is 6.31. The fourth-order valence-electron chi connectivity index (χ4n) is 4.24. The van der Waals surface area contributed by atoms with Gasteiger partial charge in [-0.15, -0.1) is 0 Å². The van der Waals surface area contributed by atoms with E-state index in [0.29, 0.717) is 25.5 Å². The van der Waals surface area contributed by atoms with Crippen LogP contribution in [0.1, 0.15) is 25.2 Å². The molecule has 3 heterocycles. The van der Waals surface area contributed by atoms with Crippen molar-refractivity contribution in [2.24, 2.45) is 14.1 Å². The third-order valence-corrected chi connectivity index (χ3v) is 6.02. The number of fused-ring (bicyclic) bond motifs is 1. The summed E-state index contributed by atoms with van der Waals surface area (Å²) in [4.78, 5) is 32.3. The van der Waals surface area contributed by atoms with Crippen molar-refractivity contribution in [3.05, 3.63) is 61.3 Å². The minimum Gasteiger partial charge on any atom is -0.373 e. The van der Waals surface area contributed by atoms with Crippen LogP contribution in [0.25, 0.3) is 11.2 Å². The van der Waals surface area contributed by atoms with E-state index in [-0.39, 0.29) is 40.5 Å². The predicted molar refractivity (Wildman–Crippen MR) is 116 cm³/mol. The molecule has 1 aromatic carbocycles. The number of aryl methyl sites for hydroxylation is 1. The van der Waals surface area contributed by atoms with Crippen molar-refractivity contribution in [3.63, 3.8) is 0 Å². The van der Waals surface area contributed by atoms with Crippen molar-refractivity contribution in [1.29, 1.82) is 0 Å². The molecule has 0 saturated carbocycles. The van der Waals surface area contributed by atoms with E-state index < -0.39 is 17.1 Å². The van der Waals surface area contributed by atoms with Gasteiger partial charge in [-0.25, -0.2) is 14.2 Å². The number of hydrogen-bond acceptors (Lipinski definition) is 5. The summed E-state index contributed by atoms with van der Waals surface area (Å²) in [5.41, 5.74) is -0.165. The SMILES string of the molecule is C[C@@H]1CN(Cc2nc3c(c(=O)n(C)c(=O)n3C)n2Cc2c(F)cccc2Cl)C[C@H](C)O1. The molecule has 0 bridgehead atoms. The second-order valence-electron chi connectivity index (χ2n) is 8.14. The van der Waals surface area contributed by atoms with E-state index in [1.165, 1.54) is 23.7 Å². The number of benzene rings is 1. The van der Waals surface area contributed by atoms with Gasteiger partial charge in [0.05, 0.1) is 25.3 Å². The minimum absolute atomic E-state index is 0.0280. The van der Waals surface area contributed by atoms with Crippen LogP contribution < -0.4 is 11.2 Å². The molecule has 2 atom stereocenters. The van der Waals surface area contributed by atoms with Crippen LogP contribution in [0.5, 0.6) is 0 Å². The monoisotopic (exact) mass is 449 g/mol. The summed E-state index contributed by atoms with van der Waals surface area (Å²) < 4.78 is 24.4. The number of ether oxygens (including phenoxy) is 1. The van der Waals surface area contributed by atoms with Crippen LogP contribution in [-0.4, -0.2) is 48.9 Å². The van der Waals surface area contributed by atoms with Crippen LogP contribution in [0.3, 0.4) is 0 Å². The summed E-state index contributed by atoms with van der Waals surface area (Å²) in [5.74, 6) is 0.101. The van der Waals surface area contributed by atoms with Gasteiger partial charge >= 0.3 is 5.69 Å².